The number of ether oxygens (including phenoxy) is 1. The first-order valence-corrected chi connectivity index (χ1v) is 13.3. The molecule has 1 unspecified atom stereocenters. The molecule has 0 spiro atoms. The van der Waals surface area contributed by atoms with E-state index in [2.05, 4.69) is 20.1 Å². The molecule has 1 atom stereocenters. The predicted molar refractivity (Wildman–Crippen MR) is 140 cm³/mol. The van der Waals surface area contributed by atoms with Gasteiger partial charge >= 0.3 is 18.0 Å². The zero-order valence-corrected chi connectivity index (χ0v) is 21.3. The van der Waals surface area contributed by atoms with Gasteiger partial charge in [0, 0.05) is 11.7 Å². The van der Waals surface area contributed by atoms with E-state index in [1.165, 1.54) is 24.3 Å². The Hall–Kier alpha value is -4.22. The van der Waals surface area contributed by atoms with Crippen LogP contribution in [0.15, 0.2) is 77.7 Å². The smallest absolute Gasteiger partial charge is 0.339 e. The summed E-state index contributed by atoms with van der Waals surface area (Å²) in [5.41, 5.74) is 2.70. The minimum Gasteiger partial charge on any atom is -0.480 e. The van der Waals surface area contributed by atoms with Crippen LogP contribution in [-0.2, 0) is 26.0 Å². The maximum absolute atomic E-state index is 13.0. The number of carbonyl (C=O) groups is 3. The molecule has 1 saturated carbocycles. The van der Waals surface area contributed by atoms with Crippen molar-refractivity contribution >= 4 is 33.7 Å². The van der Waals surface area contributed by atoms with Crippen molar-refractivity contribution in [2.75, 3.05) is 12.4 Å². The third-order valence-electron chi connectivity index (χ3n) is 5.94. The average Bonchev–Trinajstić information content (AvgIpc) is 3.72. The van der Waals surface area contributed by atoms with Gasteiger partial charge in [-0.3, -0.25) is 4.79 Å². The SMILES string of the molecule is COC(=O)c1ccccc1S(=O)(=O)NC(Cc1ccc(-c2cccc(NC(=O)NC3CC3)c2)cc1)C(=O)O. The van der Waals surface area contributed by atoms with Crippen molar-refractivity contribution in [1.82, 2.24) is 10.0 Å². The molecule has 0 saturated heterocycles. The Morgan fingerprint density at radius 2 is 1.68 bits per heavy atom. The van der Waals surface area contributed by atoms with Crippen LogP contribution in [0.4, 0.5) is 10.5 Å². The molecule has 0 radical (unpaired) electrons. The quantitative estimate of drug-likeness (QED) is 0.289. The summed E-state index contributed by atoms with van der Waals surface area (Å²) in [7, 11) is -3.22. The van der Waals surface area contributed by atoms with E-state index in [1.807, 2.05) is 18.2 Å². The van der Waals surface area contributed by atoms with E-state index in [0.717, 1.165) is 31.1 Å². The van der Waals surface area contributed by atoms with Crippen LogP contribution in [0.1, 0.15) is 28.8 Å². The van der Waals surface area contributed by atoms with Gasteiger partial charge in [-0.05, 0) is 60.2 Å². The number of carboxylic acids is 1. The van der Waals surface area contributed by atoms with E-state index >= 15 is 0 Å². The van der Waals surface area contributed by atoms with Gasteiger partial charge in [-0.2, -0.15) is 4.72 Å². The first-order chi connectivity index (χ1) is 18.2. The summed E-state index contributed by atoms with van der Waals surface area (Å²) >= 11 is 0. The molecule has 3 aromatic carbocycles. The van der Waals surface area contributed by atoms with E-state index in [0.29, 0.717) is 11.3 Å². The number of sulfonamides is 1. The van der Waals surface area contributed by atoms with Crippen molar-refractivity contribution < 1.29 is 32.6 Å². The Morgan fingerprint density at radius 3 is 2.34 bits per heavy atom. The highest BCUT2D eigenvalue weighted by Gasteiger charge is 2.29. The molecule has 0 heterocycles. The molecule has 198 valence electrons. The van der Waals surface area contributed by atoms with Gasteiger partial charge in [0.2, 0.25) is 10.0 Å². The van der Waals surface area contributed by atoms with Crippen LogP contribution in [0, 0.1) is 0 Å². The first kappa shape index (κ1) is 26.8. The number of anilines is 1. The van der Waals surface area contributed by atoms with Crippen LogP contribution < -0.4 is 15.4 Å². The zero-order chi connectivity index (χ0) is 27.3. The number of aliphatic carboxylic acids is 1. The van der Waals surface area contributed by atoms with E-state index in [1.54, 1.807) is 30.3 Å². The summed E-state index contributed by atoms with van der Waals surface area (Å²) in [4.78, 5) is 35.6. The number of benzene rings is 3. The maximum Gasteiger partial charge on any atom is 0.339 e. The van der Waals surface area contributed by atoms with Crippen molar-refractivity contribution in [2.45, 2.75) is 36.2 Å². The number of esters is 1. The molecule has 0 aliphatic heterocycles. The second-order valence-electron chi connectivity index (χ2n) is 8.85. The lowest BCUT2D eigenvalue weighted by Crippen LogP contribution is -2.42. The Balaban J connectivity index is 1.47. The summed E-state index contributed by atoms with van der Waals surface area (Å²) < 4.78 is 32.8. The Bertz CT molecular complexity index is 1450. The van der Waals surface area contributed by atoms with Crippen molar-refractivity contribution in [3.05, 3.63) is 83.9 Å². The van der Waals surface area contributed by atoms with Gasteiger partial charge in [0.25, 0.3) is 0 Å². The summed E-state index contributed by atoms with van der Waals surface area (Å²) in [5, 5.41) is 15.4. The summed E-state index contributed by atoms with van der Waals surface area (Å²) in [6, 6.07) is 18.2. The number of hydrogen-bond donors (Lipinski definition) is 4. The van der Waals surface area contributed by atoms with E-state index in [-0.39, 0.29) is 29.0 Å². The molecule has 0 bridgehead atoms. The van der Waals surface area contributed by atoms with Gasteiger partial charge in [0.15, 0.2) is 0 Å². The van der Waals surface area contributed by atoms with Crippen molar-refractivity contribution in [3.63, 3.8) is 0 Å². The number of amides is 2. The molecule has 10 nitrogen and oxygen atoms in total. The summed E-state index contributed by atoms with van der Waals surface area (Å²) in [5.74, 6) is -2.22. The fourth-order valence-corrected chi connectivity index (χ4v) is 5.22. The molecule has 1 aliphatic rings. The number of nitrogens with one attached hydrogen (secondary N) is 3. The Morgan fingerprint density at radius 1 is 0.974 bits per heavy atom. The molecule has 1 aliphatic carbocycles. The lowest BCUT2D eigenvalue weighted by Gasteiger charge is -2.16. The molecular formula is C27H27N3O7S. The van der Waals surface area contributed by atoms with E-state index in [9.17, 15) is 27.9 Å². The maximum atomic E-state index is 13.0. The second-order valence-corrected chi connectivity index (χ2v) is 10.5. The fraction of sp³-hybridized carbons (Fsp3) is 0.222. The third kappa shape index (κ3) is 6.75. The lowest BCUT2D eigenvalue weighted by atomic mass is 10.0. The highest BCUT2D eigenvalue weighted by Crippen LogP contribution is 2.24. The molecule has 4 rings (SSSR count). The topological polar surface area (TPSA) is 151 Å². The van der Waals surface area contributed by atoms with Crippen molar-refractivity contribution in [2.24, 2.45) is 0 Å². The third-order valence-corrected chi connectivity index (χ3v) is 7.47. The molecule has 11 heteroatoms. The van der Waals surface area contributed by atoms with Crippen LogP contribution in [0.5, 0.6) is 0 Å². The first-order valence-electron chi connectivity index (χ1n) is 11.9. The van der Waals surface area contributed by atoms with Gasteiger partial charge < -0.3 is 20.5 Å². The highest BCUT2D eigenvalue weighted by atomic mass is 32.2. The molecule has 4 N–H and O–H groups in total. The number of hydrogen-bond acceptors (Lipinski definition) is 6. The highest BCUT2D eigenvalue weighted by molar-refractivity contribution is 7.89. The van der Waals surface area contributed by atoms with Crippen LogP contribution in [0.25, 0.3) is 11.1 Å². The van der Waals surface area contributed by atoms with Gasteiger partial charge in [-0.15, -0.1) is 0 Å². The van der Waals surface area contributed by atoms with Crippen LogP contribution in [-0.4, -0.2) is 50.7 Å². The summed E-state index contributed by atoms with van der Waals surface area (Å²) in [6.07, 6.45) is 1.85. The second kappa shape index (κ2) is 11.4. The van der Waals surface area contributed by atoms with Gasteiger partial charge in [-0.25, -0.2) is 18.0 Å². The van der Waals surface area contributed by atoms with Crippen LogP contribution >= 0.6 is 0 Å². The molecular weight excluding hydrogens is 510 g/mol. The number of carboxylic acid groups (broad SMARTS) is 1. The Kier molecular flexibility index (Phi) is 8.08. The molecule has 38 heavy (non-hydrogen) atoms. The zero-order valence-electron chi connectivity index (χ0n) is 20.5. The van der Waals surface area contributed by atoms with Crippen molar-refractivity contribution in [3.8, 4) is 11.1 Å². The van der Waals surface area contributed by atoms with Crippen LogP contribution in [0.2, 0.25) is 0 Å². The standard InChI is InChI=1S/C27H27N3O7S/c1-37-26(33)22-7-2-3-8-24(22)38(35,36)30-23(25(31)32)15-17-9-11-18(12-10-17)19-5-4-6-21(16-19)29-27(34)28-20-13-14-20/h2-12,16,20,23,30H,13-15H2,1H3,(H,31,32)(H2,28,29,34). The number of methoxy groups -OCH3 is 1. The normalized spacial score (nSPS) is 13.8. The largest absolute Gasteiger partial charge is 0.480 e. The van der Waals surface area contributed by atoms with E-state index in [4.69, 9.17) is 0 Å². The molecule has 3 aromatic rings. The molecule has 1 fully saturated rings. The minimum atomic E-state index is -4.35. The molecule has 0 aromatic heterocycles. The number of urea groups is 1. The predicted octanol–water partition coefficient (Wildman–Crippen LogP) is 3.40. The minimum absolute atomic E-state index is 0.127. The number of carbonyl (C=O) groups excluding carboxylic acids is 2. The van der Waals surface area contributed by atoms with Gasteiger partial charge in [0.05, 0.1) is 17.6 Å². The monoisotopic (exact) mass is 537 g/mol. The Labute approximate surface area is 220 Å². The molecule has 2 amide bonds. The van der Waals surface area contributed by atoms with Gasteiger partial charge in [0.1, 0.15) is 6.04 Å². The van der Waals surface area contributed by atoms with Crippen molar-refractivity contribution in [1.29, 1.82) is 0 Å². The lowest BCUT2D eigenvalue weighted by molar-refractivity contribution is -0.138. The fourth-order valence-electron chi connectivity index (χ4n) is 3.84. The van der Waals surface area contributed by atoms with Crippen LogP contribution in [0.3, 0.4) is 0 Å². The van der Waals surface area contributed by atoms with Gasteiger partial charge in [-0.1, -0.05) is 48.5 Å². The van der Waals surface area contributed by atoms with E-state index < -0.39 is 28.0 Å². The summed E-state index contributed by atoms with van der Waals surface area (Å²) in [6.45, 7) is 0. The average molecular weight is 538 g/mol. The number of rotatable bonds is 10.